The van der Waals surface area contributed by atoms with Crippen molar-refractivity contribution < 1.29 is 51.8 Å². The molecule has 0 saturated carbocycles. The molecule has 87 heavy (non-hydrogen) atoms. The van der Waals surface area contributed by atoms with Gasteiger partial charge in [-0.3, -0.25) is 9.35 Å². The van der Waals surface area contributed by atoms with Crippen LogP contribution in [0.15, 0.2) is 24.3 Å². The highest BCUT2D eigenvalue weighted by Gasteiger charge is 2.48. The summed E-state index contributed by atoms with van der Waals surface area (Å²) >= 11 is 0. The SMILES string of the molecule is CCCCCCCCCCCCCCCCCCCC/C=C\CCCCCCCCCCCCCCCCCCCC(=O)NC(COC1OC(CO)C(O)C(OS(=O)(=O)O)C1O)C(O)/C=C/CCCCCCCCCCCCCCCCCCCCC. The van der Waals surface area contributed by atoms with E-state index in [0.29, 0.717) is 6.42 Å². The van der Waals surface area contributed by atoms with Crippen LogP contribution in [0.2, 0.25) is 0 Å². The molecule has 0 bridgehead atoms. The lowest BCUT2D eigenvalue weighted by Crippen LogP contribution is -2.61. The van der Waals surface area contributed by atoms with E-state index in [1.807, 2.05) is 6.08 Å². The molecule has 1 fully saturated rings. The molecular formula is C74H143NO11S. The van der Waals surface area contributed by atoms with Gasteiger partial charge in [0, 0.05) is 6.42 Å². The minimum atomic E-state index is -5.09. The van der Waals surface area contributed by atoms with Gasteiger partial charge in [0.25, 0.3) is 0 Å². The molecule has 7 atom stereocenters. The van der Waals surface area contributed by atoms with Crippen molar-refractivity contribution in [3.05, 3.63) is 24.3 Å². The first-order valence-corrected chi connectivity index (χ1v) is 39.1. The number of carbonyl (C=O) groups excluding carboxylic acids is 1. The van der Waals surface area contributed by atoms with Crippen LogP contribution in [0.4, 0.5) is 0 Å². The van der Waals surface area contributed by atoms with E-state index in [2.05, 4.69) is 35.5 Å². The van der Waals surface area contributed by atoms with E-state index in [9.17, 15) is 38.2 Å². The van der Waals surface area contributed by atoms with Gasteiger partial charge in [-0.15, -0.1) is 0 Å². The third kappa shape index (κ3) is 54.8. The molecule has 6 N–H and O–H groups in total. The van der Waals surface area contributed by atoms with E-state index in [0.717, 1.165) is 38.5 Å². The van der Waals surface area contributed by atoms with Gasteiger partial charge in [0.15, 0.2) is 6.29 Å². The number of aliphatic hydroxyl groups excluding tert-OH is 4. The summed E-state index contributed by atoms with van der Waals surface area (Å²) in [5.74, 6) is -0.254. The second-order valence-electron chi connectivity index (χ2n) is 26.6. The molecule has 1 saturated heterocycles. The number of nitrogens with one attached hydrogen (secondary N) is 1. The molecule has 1 aliphatic rings. The Morgan fingerprint density at radius 3 is 1.03 bits per heavy atom. The molecule has 516 valence electrons. The highest BCUT2D eigenvalue weighted by molar-refractivity contribution is 7.80. The van der Waals surface area contributed by atoms with Crippen molar-refractivity contribution in [3.63, 3.8) is 0 Å². The Balaban J connectivity index is 2.16. The van der Waals surface area contributed by atoms with Gasteiger partial charge in [-0.05, 0) is 44.9 Å². The number of amides is 1. The van der Waals surface area contributed by atoms with E-state index in [1.165, 1.54) is 321 Å². The van der Waals surface area contributed by atoms with Crippen LogP contribution in [0.3, 0.4) is 0 Å². The molecule has 1 rings (SSSR count). The first kappa shape index (κ1) is 83.6. The molecule has 0 aromatic heterocycles. The van der Waals surface area contributed by atoms with E-state index in [-0.39, 0.29) is 18.9 Å². The van der Waals surface area contributed by atoms with Gasteiger partial charge in [-0.1, -0.05) is 359 Å². The predicted molar refractivity (Wildman–Crippen MR) is 365 cm³/mol. The van der Waals surface area contributed by atoms with Crippen LogP contribution >= 0.6 is 0 Å². The number of hydrogen-bond donors (Lipinski definition) is 6. The number of carbonyl (C=O) groups is 1. The van der Waals surface area contributed by atoms with Crippen LogP contribution in [0.25, 0.3) is 0 Å². The quantitative estimate of drug-likeness (QED) is 0.0193. The molecule has 0 aromatic rings. The third-order valence-electron chi connectivity index (χ3n) is 18.2. The van der Waals surface area contributed by atoms with Crippen molar-refractivity contribution in [1.82, 2.24) is 5.32 Å². The van der Waals surface area contributed by atoms with Gasteiger partial charge >= 0.3 is 10.4 Å². The highest BCUT2D eigenvalue weighted by Crippen LogP contribution is 2.27. The summed E-state index contributed by atoms with van der Waals surface area (Å²) in [4.78, 5) is 13.2. The maximum atomic E-state index is 13.2. The summed E-state index contributed by atoms with van der Waals surface area (Å²) in [7, 11) is -5.09. The monoisotopic (exact) mass is 1250 g/mol. The average molecular weight is 1260 g/mol. The van der Waals surface area contributed by atoms with Gasteiger partial charge in [0.05, 0.1) is 25.4 Å². The van der Waals surface area contributed by atoms with Crippen molar-refractivity contribution in [1.29, 1.82) is 0 Å². The third-order valence-corrected chi connectivity index (χ3v) is 18.7. The van der Waals surface area contributed by atoms with Gasteiger partial charge in [-0.2, -0.15) is 8.42 Å². The van der Waals surface area contributed by atoms with Gasteiger partial charge in [0.2, 0.25) is 5.91 Å². The molecule has 1 heterocycles. The second kappa shape index (κ2) is 63.3. The fraction of sp³-hybridized carbons (Fsp3) is 0.932. The zero-order valence-corrected chi connectivity index (χ0v) is 57.7. The number of allylic oxidation sites excluding steroid dienone is 3. The Hall–Kier alpha value is -1.42. The standard InChI is InChI=1S/C74H143NO11S/c1-3-5-7-9-11-13-15-17-19-21-23-25-26-27-28-29-30-31-32-33-34-35-36-37-38-39-40-41-42-44-46-48-50-52-54-56-58-60-62-64-70(78)75-67(66-84-74-72(80)73(86-87(81,82)83)71(79)69(65-76)85-74)68(77)63-61-59-57-55-53-51-49-47-45-43-24-22-20-18-16-14-12-10-8-6-4-2/h33-34,61,63,67-69,71-74,76-77,79-80H,3-32,35-60,62,64-66H2,1-2H3,(H,75,78)(H,81,82,83)/b34-33-,63-61+. The Labute approximate surface area is 537 Å². The molecule has 0 aromatic carbocycles. The average Bonchev–Trinajstić information content (AvgIpc) is 1.79. The Morgan fingerprint density at radius 1 is 0.448 bits per heavy atom. The number of hydrogen-bond acceptors (Lipinski definition) is 10. The van der Waals surface area contributed by atoms with Crippen LogP contribution in [0.1, 0.15) is 386 Å². The summed E-state index contributed by atoms with van der Waals surface area (Å²) in [5, 5.41) is 45.2. The minimum Gasteiger partial charge on any atom is -0.394 e. The second-order valence-corrected chi connectivity index (χ2v) is 27.6. The Kier molecular flexibility index (Phi) is 60.9. The van der Waals surface area contributed by atoms with E-state index in [1.54, 1.807) is 6.08 Å². The zero-order chi connectivity index (χ0) is 63.2. The molecule has 0 radical (unpaired) electrons. The summed E-state index contributed by atoms with van der Waals surface area (Å²) in [6.45, 7) is 3.47. The fourth-order valence-electron chi connectivity index (χ4n) is 12.5. The number of ether oxygens (including phenoxy) is 2. The fourth-order valence-corrected chi connectivity index (χ4v) is 13.0. The largest absolute Gasteiger partial charge is 0.397 e. The van der Waals surface area contributed by atoms with Crippen LogP contribution < -0.4 is 5.32 Å². The molecule has 0 aliphatic carbocycles. The molecule has 12 nitrogen and oxygen atoms in total. The molecule has 0 spiro atoms. The van der Waals surface area contributed by atoms with Crippen LogP contribution in [-0.2, 0) is 28.9 Å². The summed E-state index contributed by atoms with van der Waals surface area (Å²) in [6.07, 6.45) is 74.3. The lowest BCUT2D eigenvalue weighted by Gasteiger charge is -2.41. The molecular weight excluding hydrogens is 1110 g/mol. The lowest BCUT2D eigenvalue weighted by molar-refractivity contribution is -0.298. The first-order valence-electron chi connectivity index (χ1n) is 37.7. The summed E-state index contributed by atoms with van der Waals surface area (Å²) < 4.78 is 48.1. The summed E-state index contributed by atoms with van der Waals surface area (Å²) in [6, 6.07) is -0.944. The topological polar surface area (TPSA) is 192 Å². The molecule has 13 heteroatoms. The molecule has 1 amide bonds. The van der Waals surface area contributed by atoms with E-state index in [4.69, 9.17) is 9.47 Å². The maximum absolute atomic E-state index is 13.2. The predicted octanol–water partition coefficient (Wildman–Crippen LogP) is 20.3. The number of unbranched alkanes of at least 4 members (excludes halogenated alkanes) is 54. The smallest absolute Gasteiger partial charge is 0.394 e. The van der Waals surface area contributed by atoms with E-state index >= 15 is 0 Å². The maximum Gasteiger partial charge on any atom is 0.397 e. The lowest BCUT2D eigenvalue weighted by atomic mass is 9.99. The van der Waals surface area contributed by atoms with Crippen molar-refractivity contribution in [3.8, 4) is 0 Å². The van der Waals surface area contributed by atoms with Crippen molar-refractivity contribution in [2.24, 2.45) is 0 Å². The van der Waals surface area contributed by atoms with Gasteiger partial charge in [-0.25, -0.2) is 4.18 Å². The zero-order valence-electron chi connectivity index (χ0n) is 56.9. The normalized spacial score (nSPS) is 18.2. The number of rotatable bonds is 68. The first-order chi connectivity index (χ1) is 42.5. The Bertz CT molecular complexity index is 1620. The van der Waals surface area contributed by atoms with Crippen molar-refractivity contribution in [2.45, 2.75) is 429 Å². The van der Waals surface area contributed by atoms with Gasteiger partial charge in [0.1, 0.15) is 24.4 Å². The van der Waals surface area contributed by atoms with Crippen LogP contribution in [0.5, 0.6) is 0 Å². The molecule has 7 unspecified atom stereocenters. The van der Waals surface area contributed by atoms with Crippen LogP contribution in [0, 0.1) is 0 Å². The van der Waals surface area contributed by atoms with Crippen molar-refractivity contribution >= 4 is 16.3 Å². The molecule has 1 aliphatic heterocycles. The summed E-state index contributed by atoms with van der Waals surface area (Å²) in [5.41, 5.74) is 0. The minimum absolute atomic E-state index is 0.254. The van der Waals surface area contributed by atoms with Gasteiger partial charge < -0.3 is 35.2 Å². The van der Waals surface area contributed by atoms with Crippen LogP contribution in [-0.4, -0.2) is 95.4 Å². The Morgan fingerprint density at radius 2 is 0.736 bits per heavy atom. The number of aliphatic hydroxyl groups is 4. The highest BCUT2D eigenvalue weighted by atomic mass is 32.3. The van der Waals surface area contributed by atoms with Crippen molar-refractivity contribution in [2.75, 3.05) is 13.2 Å². The van der Waals surface area contributed by atoms with E-state index < -0.39 is 59.9 Å².